The Hall–Kier alpha value is -5.02. The van der Waals surface area contributed by atoms with E-state index in [1.165, 1.54) is 7.11 Å². The van der Waals surface area contributed by atoms with Crippen molar-refractivity contribution in [2.24, 2.45) is 0 Å². The molecule has 1 aliphatic heterocycles. The Kier molecular flexibility index (Phi) is 12.9. The average molecular weight is 820 g/mol. The number of hydrogen-bond acceptors (Lipinski definition) is 11. The molecule has 1 aromatic carbocycles. The van der Waals surface area contributed by atoms with Crippen LogP contribution in [0.5, 0.6) is 11.6 Å². The fourth-order valence-electron chi connectivity index (χ4n) is 6.88. The highest BCUT2D eigenvalue weighted by molar-refractivity contribution is 6.39. The predicted molar refractivity (Wildman–Crippen MR) is 218 cm³/mol. The van der Waals surface area contributed by atoms with Crippen molar-refractivity contribution in [1.82, 2.24) is 39.3 Å². The molecule has 5 heterocycles. The van der Waals surface area contributed by atoms with E-state index in [4.69, 9.17) is 42.4 Å². The Balaban J connectivity index is 1.31. The molecular formula is C41H48Cl2N8O6. The molecule has 2 amide bonds. The lowest BCUT2D eigenvalue weighted by Gasteiger charge is -2.39. The Bertz CT molecular complexity index is 2250. The van der Waals surface area contributed by atoms with Crippen molar-refractivity contribution in [3.8, 4) is 45.3 Å². The number of likely N-dealkylation sites (N-methyl/N-ethyl adjacent to an activating group) is 1. The lowest BCUT2D eigenvalue weighted by atomic mass is 9.99. The summed E-state index contributed by atoms with van der Waals surface area (Å²) in [5.74, 6) is 1.43. The molecule has 5 aromatic rings. The highest BCUT2D eigenvalue weighted by Crippen LogP contribution is 2.42. The van der Waals surface area contributed by atoms with Gasteiger partial charge in [-0.1, -0.05) is 41.4 Å². The van der Waals surface area contributed by atoms with Gasteiger partial charge in [0, 0.05) is 72.8 Å². The van der Waals surface area contributed by atoms with Crippen LogP contribution in [-0.2, 0) is 22.6 Å². The summed E-state index contributed by atoms with van der Waals surface area (Å²) in [6.45, 7) is 9.35. The minimum absolute atomic E-state index is 0.0211. The van der Waals surface area contributed by atoms with Crippen LogP contribution in [0.1, 0.15) is 51.9 Å². The van der Waals surface area contributed by atoms with Gasteiger partial charge >= 0.3 is 6.09 Å². The minimum atomic E-state index is -0.692. The number of carbonyl (C=O) groups is 2. The number of aliphatic hydroxyl groups is 1. The van der Waals surface area contributed by atoms with Gasteiger partial charge in [-0.15, -0.1) is 5.10 Å². The molecule has 4 aromatic heterocycles. The number of aromatic nitrogens is 5. The Labute approximate surface area is 342 Å². The maximum absolute atomic E-state index is 13.6. The standard InChI is InChI=1S/C41H48Cl2N8O6/c1-25(53)49-17-14-28(15-18-49)50(40(54)57-41(2,3)4)22-26-11-12-32(45-39(26)56-7)31-10-8-9-29(35(31)42)30-13-16-44-37(36(30)43)27-21-33(55-6)38-46-34(47-51(38)23-27)24-48(5)19-20-52/h8-13,16,21,23,28,52H,14-15,17-20,22,24H2,1-7H3. The molecule has 0 atom stereocenters. The Morgan fingerprint density at radius 1 is 0.965 bits per heavy atom. The van der Waals surface area contributed by atoms with E-state index < -0.39 is 11.7 Å². The van der Waals surface area contributed by atoms with E-state index in [1.807, 2.05) is 69.1 Å². The molecule has 0 spiro atoms. The summed E-state index contributed by atoms with van der Waals surface area (Å²) in [4.78, 5) is 45.1. The van der Waals surface area contributed by atoms with Gasteiger partial charge in [0.25, 0.3) is 0 Å². The molecule has 0 radical (unpaired) electrons. The number of amides is 2. The molecule has 0 bridgehead atoms. The summed E-state index contributed by atoms with van der Waals surface area (Å²) < 4.78 is 19.0. The number of hydrogen-bond donors (Lipinski definition) is 1. The molecule has 1 aliphatic rings. The van der Waals surface area contributed by atoms with E-state index in [0.717, 1.165) is 0 Å². The van der Waals surface area contributed by atoms with Crippen LogP contribution < -0.4 is 9.47 Å². The van der Waals surface area contributed by atoms with Crippen molar-refractivity contribution in [1.29, 1.82) is 0 Å². The van der Waals surface area contributed by atoms with Crippen molar-refractivity contribution >= 4 is 40.8 Å². The Morgan fingerprint density at radius 2 is 1.68 bits per heavy atom. The zero-order chi connectivity index (χ0) is 41.0. The van der Waals surface area contributed by atoms with Gasteiger partial charge in [-0.2, -0.15) is 0 Å². The third-order valence-electron chi connectivity index (χ3n) is 9.74. The summed E-state index contributed by atoms with van der Waals surface area (Å²) >= 11 is 14.3. The summed E-state index contributed by atoms with van der Waals surface area (Å²) in [6.07, 6.45) is 4.28. The van der Waals surface area contributed by atoms with Gasteiger partial charge in [-0.25, -0.2) is 19.3 Å². The molecule has 16 heteroatoms. The number of fused-ring (bicyclic) bond motifs is 1. The van der Waals surface area contributed by atoms with Crippen molar-refractivity contribution in [3.05, 3.63) is 76.3 Å². The van der Waals surface area contributed by atoms with Crippen LogP contribution >= 0.6 is 23.2 Å². The molecule has 14 nitrogen and oxygen atoms in total. The zero-order valence-corrected chi connectivity index (χ0v) is 34.8. The molecule has 1 saturated heterocycles. The second-order valence-corrected chi connectivity index (χ2v) is 15.7. The molecule has 0 aliphatic carbocycles. The van der Waals surface area contributed by atoms with E-state index in [0.29, 0.717) is 111 Å². The fourth-order valence-corrected chi connectivity index (χ4v) is 7.53. The maximum atomic E-state index is 13.6. The number of aliphatic hydroxyl groups excluding tert-OH is 1. The molecular weight excluding hydrogens is 771 g/mol. The number of carbonyl (C=O) groups excluding carboxylic acids is 2. The van der Waals surface area contributed by atoms with Crippen LogP contribution in [0, 0.1) is 0 Å². The summed E-state index contributed by atoms with van der Waals surface area (Å²) in [5, 5.41) is 14.7. The van der Waals surface area contributed by atoms with Gasteiger partial charge in [0.05, 0.1) is 55.3 Å². The monoisotopic (exact) mass is 818 g/mol. The summed E-state index contributed by atoms with van der Waals surface area (Å²) in [7, 11) is 4.99. The number of rotatable bonds is 12. The summed E-state index contributed by atoms with van der Waals surface area (Å²) in [5.41, 5.74) is 4.24. The van der Waals surface area contributed by atoms with E-state index in [-0.39, 0.29) is 25.1 Å². The molecule has 57 heavy (non-hydrogen) atoms. The maximum Gasteiger partial charge on any atom is 0.410 e. The molecule has 6 rings (SSSR count). The van der Waals surface area contributed by atoms with Crippen LogP contribution in [0.2, 0.25) is 10.0 Å². The third-order valence-corrected chi connectivity index (χ3v) is 10.5. The molecule has 0 unspecified atom stereocenters. The average Bonchev–Trinajstić information content (AvgIpc) is 3.58. The first-order chi connectivity index (χ1) is 27.2. The first-order valence-corrected chi connectivity index (χ1v) is 19.4. The van der Waals surface area contributed by atoms with Crippen molar-refractivity contribution in [2.45, 2.75) is 65.3 Å². The van der Waals surface area contributed by atoms with Gasteiger partial charge < -0.3 is 29.1 Å². The van der Waals surface area contributed by atoms with E-state index >= 15 is 0 Å². The van der Waals surface area contributed by atoms with Crippen molar-refractivity contribution < 1.29 is 28.9 Å². The number of pyridine rings is 3. The predicted octanol–water partition coefficient (Wildman–Crippen LogP) is 7.02. The quantitative estimate of drug-likeness (QED) is 0.139. The second-order valence-electron chi connectivity index (χ2n) is 15.0. The first-order valence-electron chi connectivity index (χ1n) is 18.7. The minimum Gasteiger partial charge on any atom is -0.493 e. The Morgan fingerprint density at radius 3 is 2.35 bits per heavy atom. The van der Waals surface area contributed by atoms with Crippen LogP contribution in [-0.4, -0.2) is 116 Å². The first kappa shape index (κ1) is 41.6. The number of methoxy groups -OCH3 is 2. The third kappa shape index (κ3) is 9.41. The SMILES string of the molecule is COc1nc(-c2cccc(-c3ccnc(-c4cc(OC)c5nc(CN(C)CCO)nn5c4)c3Cl)c2Cl)ccc1CN(C(=O)OC(C)(C)C)C1CCN(C(C)=O)CC1. The lowest BCUT2D eigenvalue weighted by molar-refractivity contribution is -0.130. The van der Waals surface area contributed by atoms with Gasteiger partial charge in [-0.3, -0.25) is 14.7 Å². The van der Waals surface area contributed by atoms with Gasteiger partial charge in [-0.05, 0) is 64.9 Å². The smallest absolute Gasteiger partial charge is 0.410 e. The van der Waals surface area contributed by atoms with Crippen LogP contribution in [0.15, 0.2) is 54.9 Å². The highest BCUT2D eigenvalue weighted by atomic mass is 35.5. The highest BCUT2D eigenvalue weighted by Gasteiger charge is 2.33. The molecule has 0 saturated carbocycles. The largest absolute Gasteiger partial charge is 0.493 e. The van der Waals surface area contributed by atoms with Gasteiger partial charge in [0.2, 0.25) is 11.8 Å². The van der Waals surface area contributed by atoms with Crippen molar-refractivity contribution in [3.63, 3.8) is 0 Å². The molecule has 302 valence electrons. The molecule has 1 fully saturated rings. The van der Waals surface area contributed by atoms with Crippen LogP contribution in [0.3, 0.4) is 0 Å². The summed E-state index contributed by atoms with van der Waals surface area (Å²) in [6, 6.07) is 12.9. The molecule has 1 N–H and O–H groups in total. The van der Waals surface area contributed by atoms with E-state index in [1.54, 1.807) is 46.8 Å². The lowest BCUT2D eigenvalue weighted by Crippen LogP contribution is -2.49. The van der Waals surface area contributed by atoms with Gasteiger partial charge in [0.1, 0.15) is 5.60 Å². The second kappa shape index (κ2) is 17.6. The number of ether oxygens (including phenoxy) is 3. The van der Waals surface area contributed by atoms with Crippen molar-refractivity contribution in [2.75, 3.05) is 47.5 Å². The van der Waals surface area contributed by atoms with E-state index in [9.17, 15) is 14.7 Å². The number of nitrogens with zero attached hydrogens (tertiary/aromatic N) is 8. The fraction of sp³-hybridized carbons (Fsp3) is 0.415. The number of piperidine rings is 1. The number of halogens is 2. The van der Waals surface area contributed by atoms with Gasteiger partial charge in [0.15, 0.2) is 17.2 Å². The van der Waals surface area contributed by atoms with Crippen LogP contribution in [0.4, 0.5) is 4.79 Å². The van der Waals surface area contributed by atoms with E-state index in [2.05, 4.69) is 15.1 Å². The van der Waals surface area contributed by atoms with Crippen LogP contribution in [0.25, 0.3) is 39.3 Å². The number of likely N-dealkylation sites (tertiary alicyclic amines) is 1. The topological polar surface area (TPSA) is 148 Å². The number of benzene rings is 1. The zero-order valence-electron chi connectivity index (χ0n) is 33.3. The normalized spacial score (nSPS) is 13.6.